The van der Waals surface area contributed by atoms with Gasteiger partial charge in [0.25, 0.3) is 0 Å². The molecule has 0 bridgehead atoms. The lowest BCUT2D eigenvalue weighted by molar-refractivity contribution is 0.483. The van der Waals surface area contributed by atoms with Crippen LogP contribution >= 0.6 is 0 Å². The van der Waals surface area contributed by atoms with Gasteiger partial charge in [0.2, 0.25) is 0 Å². The second-order valence-electron chi connectivity index (χ2n) is 5.87. The lowest BCUT2D eigenvalue weighted by atomic mass is 10.2. The Kier molecular flexibility index (Phi) is 3.45. The first kappa shape index (κ1) is 14.4. The van der Waals surface area contributed by atoms with E-state index in [-0.39, 0.29) is 0 Å². The van der Waals surface area contributed by atoms with Crippen LogP contribution in [0.15, 0.2) is 35.7 Å². The quantitative estimate of drug-likeness (QED) is 0.580. The van der Waals surface area contributed by atoms with E-state index in [1.165, 1.54) is 12.7 Å². The number of aromatic amines is 1. The minimum atomic E-state index is 0.467. The number of fused-ring (bicyclic) bond motifs is 1. The van der Waals surface area contributed by atoms with Gasteiger partial charge in [-0.15, -0.1) is 0 Å². The van der Waals surface area contributed by atoms with E-state index in [1.807, 2.05) is 10.9 Å². The van der Waals surface area contributed by atoms with Gasteiger partial charge in [-0.1, -0.05) is 13.8 Å². The number of H-pyrrole nitrogens is 1. The normalized spacial score (nSPS) is 11.5. The maximum Gasteiger partial charge on any atom is 0.184 e. The van der Waals surface area contributed by atoms with Crippen molar-refractivity contribution in [2.45, 2.75) is 20.4 Å². The fourth-order valence-corrected chi connectivity index (χ4v) is 2.41. The minimum Gasteiger partial charge on any atom is -0.451 e. The number of nitrogens with one attached hydrogen (secondary N) is 2. The molecule has 24 heavy (non-hydrogen) atoms. The molecule has 0 aliphatic heterocycles. The molecular formula is C15H16N8O. The summed E-state index contributed by atoms with van der Waals surface area (Å²) in [5.41, 5.74) is 2.83. The third kappa shape index (κ3) is 2.71. The van der Waals surface area contributed by atoms with Gasteiger partial charge in [0.05, 0.1) is 18.1 Å². The van der Waals surface area contributed by atoms with Gasteiger partial charge in [-0.2, -0.15) is 10.2 Å². The topological polar surface area (TPSA) is 110 Å². The monoisotopic (exact) mass is 324 g/mol. The second-order valence-corrected chi connectivity index (χ2v) is 5.87. The highest BCUT2D eigenvalue weighted by Gasteiger charge is 2.13. The number of oxazole rings is 1. The molecule has 2 N–H and O–H groups in total. The van der Waals surface area contributed by atoms with Gasteiger partial charge in [-0.05, 0) is 5.92 Å². The molecule has 0 radical (unpaired) electrons. The Labute approximate surface area is 137 Å². The average Bonchev–Trinajstić information content (AvgIpc) is 3.27. The molecule has 0 amide bonds. The number of aromatic nitrogens is 7. The number of anilines is 2. The van der Waals surface area contributed by atoms with Crippen molar-refractivity contribution in [1.29, 1.82) is 0 Å². The summed E-state index contributed by atoms with van der Waals surface area (Å²) < 4.78 is 6.91. The van der Waals surface area contributed by atoms with Gasteiger partial charge in [0, 0.05) is 12.7 Å². The van der Waals surface area contributed by atoms with E-state index in [0.717, 1.165) is 17.7 Å². The predicted octanol–water partition coefficient (Wildman–Crippen LogP) is 2.60. The molecule has 9 heteroatoms. The van der Waals surface area contributed by atoms with Crippen LogP contribution in [0.4, 0.5) is 11.5 Å². The van der Waals surface area contributed by atoms with Gasteiger partial charge in [-0.25, -0.2) is 15.0 Å². The molecule has 0 unspecified atom stereocenters. The van der Waals surface area contributed by atoms with E-state index in [2.05, 4.69) is 49.4 Å². The maximum absolute atomic E-state index is 5.01. The van der Waals surface area contributed by atoms with E-state index < -0.39 is 0 Å². The molecule has 0 aliphatic carbocycles. The molecule has 122 valence electrons. The third-order valence-corrected chi connectivity index (χ3v) is 3.41. The van der Waals surface area contributed by atoms with Gasteiger partial charge in [0.1, 0.15) is 23.0 Å². The van der Waals surface area contributed by atoms with Crippen LogP contribution in [-0.2, 0) is 6.54 Å². The van der Waals surface area contributed by atoms with Gasteiger partial charge in [0.15, 0.2) is 18.0 Å². The maximum atomic E-state index is 5.01. The number of hydrogen-bond acceptors (Lipinski definition) is 7. The molecule has 4 rings (SSSR count). The molecule has 0 spiro atoms. The van der Waals surface area contributed by atoms with Gasteiger partial charge >= 0.3 is 0 Å². The lowest BCUT2D eigenvalue weighted by Gasteiger charge is -2.06. The summed E-state index contributed by atoms with van der Waals surface area (Å²) in [6.07, 6.45) is 8.21. The highest BCUT2D eigenvalue weighted by atomic mass is 16.3. The summed E-state index contributed by atoms with van der Waals surface area (Å²) in [7, 11) is 0. The second kappa shape index (κ2) is 5.76. The van der Waals surface area contributed by atoms with Crippen LogP contribution < -0.4 is 5.32 Å². The Morgan fingerprint density at radius 3 is 3.00 bits per heavy atom. The number of hydrogen-bond donors (Lipinski definition) is 2. The Balaban J connectivity index is 1.70. The van der Waals surface area contributed by atoms with Crippen molar-refractivity contribution in [2.24, 2.45) is 5.92 Å². The summed E-state index contributed by atoms with van der Waals surface area (Å²) in [5.74, 6) is 1.60. The molecule has 0 saturated heterocycles. The van der Waals surface area contributed by atoms with Crippen LogP contribution in [0.25, 0.3) is 22.6 Å². The van der Waals surface area contributed by atoms with Crippen molar-refractivity contribution in [3.8, 4) is 11.5 Å². The Bertz CT molecular complexity index is 953. The van der Waals surface area contributed by atoms with Crippen molar-refractivity contribution in [3.63, 3.8) is 0 Å². The number of rotatable bonds is 5. The van der Waals surface area contributed by atoms with Crippen molar-refractivity contribution in [3.05, 3.63) is 31.2 Å². The van der Waals surface area contributed by atoms with Crippen molar-refractivity contribution in [2.75, 3.05) is 5.32 Å². The molecular weight excluding hydrogens is 308 g/mol. The zero-order valence-corrected chi connectivity index (χ0v) is 13.3. The molecule has 9 nitrogen and oxygen atoms in total. The third-order valence-electron chi connectivity index (χ3n) is 3.41. The van der Waals surface area contributed by atoms with Crippen LogP contribution in [0.5, 0.6) is 0 Å². The van der Waals surface area contributed by atoms with E-state index in [9.17, 15) is 0 Å². The van der Waals surface area contributed by atoms with E-state index in [4.69, 9.17) is 4.42 Å². The highest BCUT2D eigenvalue weighted by Crippen LogP contribution is 2.25. The predicted molar refractivity (Wildman–Crippen MR) is 87.5 cm³/mol. The molecule has 0 aliphatic rings. The van der Waals surface area contributed by atoms with E-state index in [1.54, 1.807) is 12.4 Å². The van der Waals surface area contributed by atoms with Crippen LogP contribution in [0.3, 0.4) is 0 Å². The molecule has 0 saturated carbocycles. The zero-order valence-electron chi connectivity index (χ0n) is 13.3. The highest BCUT2D eigenvalue weighted by molar-refractivity contribution is 5.88. The van der Waals surface area contributed by atoms with Crippen LogP contribution in [0, 0.1) is 5.92 Å². The average molecular weight is 324 g/mol. The van der Waals surface area contributed by atoms with Crippen molar-refractivity contribution < 1.29 is 4.42 Å². The number of nitrogens with zero attached hydrogens (tertiary/aromatic N) is 6. The fraction of sp³-hybridized carbons (Fsp3) is 0.267. The molecule has 0 atom stereocenters. The van der Waals surface area contributed by atoms with Crippen LogP contribution in [0.2, 0.25) is 0 Å². The summed E-state index contributed by atoms with van der Waals surface area (Å²) >= 11 is 0. The lowest BCUT2D eigenvalue weighted by Crippen LogP contribution is -2.04. The molecule has 4 aromatic rings. The molecule has 4 aromatic heterocycles. The fourth-order valence-electron chi connectivity index (χ4n) is 2.41. The largest absolute Gasteiger partial charge is 0.451 e. The Hall–Kier alpha value is -3.23. The SMILES string of the molecule is CC(C)Cn1cc(Nc2nc(-c3cocn3)nc3cn[nH]c23)cn1. The summed E-state index contributed by atoms with van der Waals surface area (Å²) in [6, 6.07) is 0. The summed E-state index contributed by atoms with van der Waals surface area (Å²) in [6.45, 7) is 5.16. The van der Waals surface area contributed by atoms with E-state index in [0.29, 0.717) is 28.8 Å². The van der Waals surface area contributed by atoms with Gasteiger partial charge in [-0.3, -0.25) is 9.78 Å². The molecule has 0 aromatic carbocycles. The van der Waals surface area contributed by atoms with E-state index >= 15 is 0 Å². The van der Waals surface area contributed by atoms with Crippen LogP contribution in [0.1, 0.15) is 13.8 Å². The van der Waals surface area contributed by atoms with Crippen LogP contribution in [-0.4, -0.2) is 34.9 Å². The van der Waals surface area contributed by atoms with Gasteiger partial charge < -0.3 is 9.73 Å². The first-order valence-corrected chi connectivity index (χ1v) is 7.58. The first-order valence-electron chi connectivity index (χ1n) is 7.58. The standard InChI is InChI=1S/C15H16N8O/c1-9(2)5-23-6-10(3-18-23)19-15-13-11(4-17-22-13)20-14(21-15)12-7-24-8-16-12/h3-4,6-9H,5H2,1-2H3,(H,17,22)(H,19,20,21). The molecule has 4 heterocycles. The van der Waals surface area contributed by atoms with Crippen molar-refractivity contribution in [1.82, 2.24) is 34.9 Å². The first-order chi connectivity index (χ1) is 11.7. The summed E-state index contributed by atoms with van der Waals surface area (Å²) in [4.78, 5) is 13.1. The van der Waals surface area contributed by atoms with Crippen molar-refractivity contribution >= 4 is 22.5 Å². The smallest absolute Gasteiger partial charge is 0.184 e. The Morgan fingerprint density at radius 1 is 1.29 bits per heavy atom. The minimum absolute atomic E-state index is 0.467. The molecule has 0 fully saturated rings. The summed E-state index contributed by atoms with van der Waals surface area (Å²) in [5, 5.41) is 14.6. The Morgan fingerprint density at radius 2 is 2.21 bits per heavy atom. The zero-order chi connectivity index (χ0) is 16.5.